The second-order valence-electron chi connectivity index (χ2n) is 8.90. The van der Waals surface area contributed by atoms with Crippen LogP contribution in [0.2, 0.25) is 10.0 Å². The van der Waals surface area contributed by atoms with E-state index in [1.54, 1.807) is 49.7 Å². The van der Waals surface area contributed by atoms with Gasteiger partial charge in [-0.1, -0.05) is 47.5 Å². The van der Waals surface area contributed by atoms with Crippen LogP contribution in [0.5, 0.6) is 11.5 Å². The third-order valence-electron chi connectivity index (χ3n) is 6.31. The number of hydrogen-bond donors (Lipinski definition) is 0. The van der Waals surface area contributed by atoms with E-state index in [0.717, 1.165) is 16.5 Å². The van der Waals surface area contributed by atoms with Gasteiger partial charge in [-0.2, -0.15) is 9.78 Å². The van der Waals surface area contributed by atoms with Gasteiger partial charge in [-0.05, 0) is 77.9 Å². The van der Waals surface area contributed by atoms with Crippen molar-refractivity contribution in [3.63, 3.8) is 0 Å². The van der Waals surface area contributed by atoms with Crippen molar-refractivity contribution in [2.75, 3.05) is 7.11 Å². The van der Waals surface area contributed by atoms with Gasteiger partial charge in [0.25, 0.3) is 5.56 Å². The first kappa shape index (κ1) is 25.7. The normalized spacial score (nSPS) is 11.5. The molecule has 0 aliphatic heterocycles. The molecule has 6 rings (SSSR count). The van der Waals surface area contributed by atoms with Gasteiger partial charge < -0.3 is 13.9 Å². The number of ether oxygens (including phenoxy) is 2. The lowest BCUT2D eigenvalue weighted by atomic mass is 10.2. The highest BCUT2D eigenvalue weighted by atomic mass is 35.5. The Hall–Kier alpha value is -4.59. The molecule has 9 heteroatoms. The molecule has 0 aliphatic rings. The highest BCUT2D eigenvalue weighted by Gasteiger charge is 2.17. The number of halogens is 2. The topological polar surface area (TPSA) is 78.9 Å². The van der Waals surface area contributed by atoms with Gasteiger partial charge in [-0.15, -0.1) is 0 Å². The highest BCUT2D eigenvalue weighted by Crippen LogP contribution is 2.33. The Morgan fingerprint density at radius 1 is 0.925 bits per heavy atom. The molecule has 0 atom stereocenters. The SMILES string of the molecule is COc1cccc2oc(-c3nc4ccccc4c(=O)n3N=Cc3ccc(OCc4ccc(Cl)c(Cl)c4)cc3)cc12. The Morgan fingerprint density at radius 3 is 2.55 bits per heavy atom. The maximum Gasteiger partial charge on any atom is 0.282 e. The summed E-state index contributed by atoms with van der Waals surface area (Å²) in [5, 5.41) is 6.71. The maximum atomic E-state index is 13.5. The Morgan fingerprint density at radius 2 is 1.75 bits per heavy atom. The summed E-state index contributed by atoms with van der Waals surface area (Å²) in [5.74, 6) is 2.00. The minimum absolute atomic E-state index is 0.278. The molecule has 0 fully saturated rings. The van der Waals surface area contributed by atoms with Crippen molar-refractivity contribution in [3.8, 4) is 23.1 Å². The van der Waals surface area contributed by atoms with Crippen LogP contribution in [0.4, 0.5) is 0 Å². The molecule has 0 saturated carbocycles. The molecule has 6 aromatic rings. The van der Waals surface area contributed by atoms with Gasteiger partial charge in [0.1, 0.15) is 23.7 Å². The van der Waals surface area contributed by atoms with Gasteiger partial charge >= 0.3 is 0 Å². The fraction of sp³-hybridized carbons (Fsp3) is 0.0645. The van der Waals surface area contributed by atoms with Gasteiger partial charge in [-0.3, -0.25) is 4.79 Å². The summed E-state index contributed by atoms with van der Waals surface area (Å²) in [6.07, 6.45) is 1.59. The van der Waals surface area contributed by atoms with Gasteiger partial charge in [0, 0.05) is 0 Å². The number of para-hydroxylation sites is 1. The van der Waals surface area contributed by atoms with E-state index in [9.17, 15) is 4.79 Å². The largest absolute Gasteiger partial charge is 0.496 e. The van der Waals surface area contributed by atoms with Crippen LogP contribution in [0, 0.1) is 0 Å². The van der Waals surface area contributed by atoms with Crippen LogP contribution in [-0.2, 0) is 6.61 Å². The molecule has 2 heterocycles. The van der Waals surface area contributed by atoms with Gasteiger partial charge in [0.05, 0.1) is 39.7 Å². The Bertz CT molecular complexity index is 1950. The van der Waals surface area contributed by atoms with E-state index in [4.69, 9.17) is 42.1 Å². The van der Waals surface area contributed by atoms with Crippen LogP contribution in [0.3, 0.4) is 0 Å². The van der Waals surface area contributed by atoms with E-state index in [1.807, 2.05) is 54.6 Å². The number of methoxy groups -OCH3 is 1. The van der Waals surface area contributed by atoms with E-state index < -0.39 is 0 Å². The zero-order valence-electron chi connectivity index (χ0n) is 21.2. The monoisotopic (exact) mass is 569 g/mol. The maximum absolute atomic E-state index is 13.5. The Kier molecular flexibility index (Phi) is 6.99. The zero-order valence-corrected chi connectivity index (χ0v) is 22.7. The van der Waals surface area contributed by atoms with Crippen LogP contribution >= 0.6 is 23.2 Å². The van der Waals surface area contributed by atoms with Crippen LogP contribution in [0.15, 0.2) is 105 Å². The molecule has 0 radical (unpaired) electrons. The molecule has 0 amide bonds. The number of benzene rings is 4. The second-order valence-corrected chi connectivity index (χ2v) is 9.72. The van der Waals surface area contributed by atoms with Crippen molar-refractivity contribution >= 4 is 51.3 Å². The molecule has 198 valence electrons. The first-order valence-electron chi connectivity index (χ1n) is 12.3. The average Bonchev–Trinajstić information content (AvgIpc) is 3.42. The summed E-state index contributed by atoms with van der Waals surface area (Å²) < 4.78 is 18.7. The quantitative estimate of drug-likeness (QED) is 0.185. The first-order valence-corrected chi connectivity index (χ1v) is 13.1. The van der Waals surface area contributed by atoms with Crippen molar-refractivity contribution in [3.05, 3.63) is 123 Å². The fourth-order valence-electron chi connectivity index (χ4n) is 4.28. The summed E-state index contributed by atoms with van der Waals surface area (Å²) >= 11 is 12.1. The molecule has 0 aliphatic carbocycles. The molecule has 2 aromatic heterocycles. The lowest BCUT2D eigenvalue weighted by molar-refractivity contribution is 0.306. The Labute approximate surface area is 238 Å². The average molecular weight is 570 g/mol. The molecule has 7 nitrogen and oxygen atoms in total. The highest BCUT2D eigenvalue weighted by molar-refractivity contribution is 6.42. The Balaban J connectivity index is 1.32. The number of rotatable bonds is 7. The predicted molar refractivity (Wildman–Crippen MR) is 158 cm³/mol. The summed E-state index contributed by atoms with van der Waals surface area (Å²) in [5.41, 5.74) is 2.51. The summed E-state index contributed by atoms with van der Waals surface area (Å²) in [4.78, 5) is 18.2. The van der Waals surface area contributed by atoms with E-state index in [2.05, 4.69) is 5.10 Å². The van der Waals surface area contributed by atoms with E-state index in [-0.39, 0.29) is 11.4 Å². The summed E-state index contributed by atoms with van der Waals surface area (Å²) in [7, 11) is 1.60. The van der Waals surface area contributed by atoms with Crippen molar-refractivity contribution in [2.45, 2.75) is 6.61 Å². The predicted octanol–water partition coefficient (Wildman–Crippen LogP) is 7.59. The van der Waals surface area contributed by atoms with E-state index in [1.165, 1.54) is 4.68 Å². The number of aromatic nitrogens is 2. The van der Waals surface area contributed by atoms with Crippen molar-refractivity contribution < 1.29 is 13.9 Å². The fourth-order valence-corrected chi connectivity index (χ4v) is 4.60. The lowest BCUT2D eigenvalue weighted by Crippen LogP contribution is -2.20. The van der Waals surface area contributed by atoms with E-state index in [0.29, 0.717) is 50.4 Å². The van der Waals surface area contributed by atoms with Crippen molar-refractivity contribution in [2.24, 2.45) is 5.10 Å². The van der Waals surface area contributed by atoms with Crippen LogP contribution in [0.25, 0.3) is 33.5 Å². The number of hydrogen-bond acceptors (Lipinski definition) is 6. The molecule has 0 saturated heterocycles. The van der Waals surface area contributed by atoms with E-state index >= 15 is 0 Å². The summed E-state index contributed by atoms with van der Waals surface area (Å²) in [6.45, 7) is 0.341. The first-order chi connectivity index (χ1) is 19.5. The van der Waals surface area contributed by atoms with Gasteiger partial charge in [-0.25, -0.2) is 4.98 Å². The van der Waals surface area contributed by atoms with Gasteiger partial charge in [0.2, 0.25) is 5.82 Å². The van der Waals surface area contributed by atoms with Crippen molar-refractivity contribution in [1.82, 2.24) is 9.66 Å². The third kappa shape index (κ3) is 5.04. The molecule has 0 bridgehead atoms. The zero-order chi connectivity index (χ0) is 27.6. The molecular weight excluding hydrogens is 549 g/mol. The van der Waals surface area contributed by atoms with Crippen LogP contribution < -0.4 is 15.0 Å². The number of fused-ring (bicyclic) bond motifs is 2. The molecule has 0 spiro atoms. The van der Waals surface area contributed by atoms with Gasteiger partial charge in [0.15, 0.2) is 5.76 Å². The smallest absolute Gasteiger partial charge is 0.282 e. The molecule has 0 unspecified atom stereocenters. The standard InChI is InChI=1S/C31H21Cl2N3O4/c1-38-27-7-4-8-28-23(27)16-29(40-28)30-35-26-6-3-2-5-22(26)31(37)36(30)34-17-19-9-12-21(13-10-19)39-18-20-11-14-24(32)25(33)15-20/h2-17H,18H2,1H3. The minimum Gasteiger partial charge on any atom is -0.496 e. The second kappa shape index (κ2) is 10.9. The van der Waals surface area contributed by atoms with Crippen LogP contribution in [0.1, 0.15) is 11.1 Å². The summed E-state index contributed by atoms with van der Waals surface area (Å²) in [6, 6.07) is 27.2. The molecule has 40 heavy (non-hydrogen) atoms. The molecule has 4 aromatic carbocycles. The number of furan rings is 1. The lowest BCUT2D eigenvalue weighted by Gasteiger charge is -2.08. The van der Waals surface area contributed by atoms with Crippen LogP contribution in [-0.4, -0.2) is 23.0 Å². The molecule has 0 N–H and O–H groups in total. The minimum atomic E-state index is -0.314. The molecular formula is C31H21Cl2N3O4. The number of nitrogens with zero attached hydrogens (tertiary/aromatic N) is 3. The van der Waals surface area contributed by atoms with Crippen molar-refractivity contribution in [1.29, 1.82) is 0 Å². The third-order valence-corrected chi connectivity index (χ3v) is 7.05.